The zero-order valence-electron chi connectivity index (χ0n) is 18.4. The maximum Gasteiger partial charge on any atom is 0.244 e. The fourth-order valence-electron chi connectivity index (χ4n) is 3.76. The fourth-order valence-corrected chi connectivity index (χ4v) is 3.89. The molecule has 33 heavy (non-hydrogen) atoms. The number of hydrogen-bond donors (Lipinski definition) is 1. The van der Waals surface area contributed by atoms with Gasteiger partial charge in [-0.25, -0.2) is 0 Å². The van der Waals surface area contributed by atoms with Crippen LogP contribution in [0.15, 0.2) is 42.5 Å². The van der Waals surface area contributed by atoms with E-state index in [1.807, 2.05) is 24.3 Å². The van der Waals surface area contributed by atoms with Crippen molar-refractivity contribution < 1.29 is 23.8 Å². The van der Waals surface area contributed by atoms with Crippen molar-refractivity contribution in [2.24, 2.45) is 0 Å². The van der Waals surface area contributed by atoms with Crippen LogP contribution in [0, 0.1) is 0 Å². The first-order chi connectivity index (χ1) is 16.0. The van der Waals surface area contributed by atoms with Crippen molar-refractivity contribution in [1.29, 1.82) is 0 Å². The highest BCUT2D eigenvalue weighted by Crippen LogP contribution is 2.40. The van der Waals surface area contributed by atoms with E-state index in [0.29, 0.717) is 48.6 Å². The van der Waals surface area contributed by atoms with Gasteiger partial charge in [0.25, 0.3) is 0 Å². The Morgan fingerprint density at radius 3 is 2.55 bits per heavy atom. The minimum Gasteiger partial charge on any atom is -0.493 e. The van der Waals surface area contributed by atoms with E-state index in [4.69, 9.17) is 25.8 Å². The van der Waals surface area contributed by atoms with Crippen molar-refractivity contribution in [3.63, 3.8) is 0 Å². The summed E-state index contributed by atoms with van der Waals surface area (Å²) in [6, 6.07) is 11.2. The summed E-state index contributed by atoms with van der Waals surface area (Å²) in [5, 5.41) is 3.36. The van der Waals surface area contributed by atoms with E-state index in [2.05, 4.69) is 10.2 Å². The topological polar surface area (TPSA) is 80.3 Å². The molecule has 0 atom stereocenters. The van der Waals surface area contributed by atoms with Crippen molar-refractivity contribution in [2.75, 3.05) is 57.9 Å². The van der Waals surface area contributed by atoms with E-state index in [0.717, 1.165) is 24.3 Å². The number of hydrogen-bond acceptors (Lipinski definition) is 6. The second kappa shape index (κ2) is 10.5. The Labute approximate surface area is 197 Å². The largest absolute Gasteiger partial charge is 0.493 e. The number of benzene rings is 2. The number of ether oxygens (including phenoxy) is 3. The number of carbonyl (C=O) groups excluding carboxylic acids is 2. The average Bonchev–Trinajstić information content (AvgIpc) is 2.86. The summed E-state index contributed by atoms with van der Waals surface area (Å²) in [5.41, 5.74) is 1.82. The summed E-state index contributed by atoms with van der Waals surface area (Å²) >= 11 is 5.95. The summed E-state index contributed by atoms with van der Waals surface area (Å²) in [5.74, 6) is 1.23. The third-order valence-corrected chi connectivity index (χ3v) is 5.77. The van der Waals surface area contributed by atoms with Gasteiger partial charge in [0.05, 0.1) is 13.7 Å². The molecule has 4 rings (SSSR count). The Morgan fingerprint density at radius 2 is 1.82 bits per heavy atom. The quantitative estimate of drug-likeness (QED) is 0.652. The van der Waals surface area contributed by atoms with E-state index in [1.165, 1.54) is 6.08 Å². The van der Waals surface area contributed by atoms with E-state index in [-0.39, 0.29) is 18.4 Å². The lowest BCUT2D eigenvalue weighted by Gasteiger charge is -2.36. The Hall–Kier alpha value is -3.39. The molecule has 9 heteroatoms. The van der Waals surface area contributed by atoms with Gasteiger partial charge in [-0.2, -0.15) is 0 Å². The number of piperazine rings is 1. The maximum atomic E-state index is 12.5. The number of carbonyl (C=O) groups is 2. The van der Waals surface area contributed by atoms with Crippen molar-refractivity contribution in [3.05, 3.63) is 53.1 Å². The van der Waals surface area contributed by atoms with Crippen LogP contribution in [-0.2, 0) is 9.59 Å². The number of amides is 2. The average molecular weight is 472 g/mol. The summed E-state index contributed by atoms with van der Waals surface area (Å²) in [7, 11) is 1.55. The number of nitrogens with zero attached hydrogens (tertiary/aromatic N) is 2. The van der Waals surface area contributed by atoms with Crippen LogP contribution in [0.2, 0.25) is 5.02 Å². The van der Waals surface area contributed by atoms with Crippen LogP contribution in [0.1, 0.15) is 5.56 Å². The number of nitrogens with one attached hydrogen (secondary N) is 1. The van der Waals surface area contributed by atoms with E-state index in [1.54, 1.807) is 30.2 Å². The standard InChI is InChI=1S/C24H26ClN3O5/c1-31-20-14-17(15-21-24(20)33-13-12-32-21)2-7-22(29)26-16-23(30)28-10-8-27(9-11-28)19-5-3-18(25)4-6-19/h2-7,14-15H,8-13,16H2,1H3,(H,26,29)/b7-2+. The number of methoxy groups -OCH3 is 1. The van der Waals surface area contributed by atoms with Gasteiger partial charge in [-0.15, -0.1) is 0 Å². The first-order valence-electron chi connectivity index (χ1n) is 10.8. The molecule has 8 nitrogen and oxygen atoms in total. The maximum absolute atomic E-state index is 12.5. The molecule has 0 unspecified atom stereocenters. The minimum absolute atomic E-state index is 0.0470. The zero-order valence-corrected chi connectivity index (χ0v) is 19.1. The molecule has 2 amide bonds. The second-order valence-electron chi connectivity index (χ2n) is 7.64. The molecule has 0 bridgehead atoms. The molecule has 174 valence electrons. The van der Waals surface area contributed by atoms with Crippen LogP contribution in [0.25, 0.3) is 6.08 Å². The lowest BCUT2D eigenvalue weighted by molar-refractivity contribution is -0.132. The van der Waals surface area contributed by atoms with Gasteiger partial charge in [-0.1, -0.05) is 11.6 Å². The van der Waals surface area contributed by atoms with Gasteiger partial charge in [-0.05, 0) is 48.0 Å². The summed E-state index contributed by atoms with van der Waals surface area (Å²) in [6.07, 6.45) is 3.03. The number of rotatable bonds is 6. The zero-order chi connectivity index (χ0) is 23.2. The monoisotopic (exact) mass is 471 g/mol. The molecular weight excluding hydrogens is 446 g/mol. The SMILES string of the molecule is COc1cc(/C=C/C(=O)NCC(=O)N2CCN(c3ccc(Cl)cc3)CC2)cc2c1OCCO2. The molecule has 0 saturated carbocycles. The molecule has 1 N–H and O–H groups in total. The molecule has 0 aliphatic carbocycles. The van der Waals surface area contributed by atoms with Crippen molar-refractivity contribution in [3.8, 4) is 17.2 Å². The van der Waals surface area contributed by atoms with Gasteiger partial charge in [0.2, 0.25) is 17.6 Å². The number of fused-ring (bicyclic) bond motifs is 1. The third kappa shape index (κ3) is 5.70. The molecule has 1 fully saturated rings. The lowest BCUT2D eigenvalue weighted by Crippen LogP contribution is -2.51. The molecule has 2 aliphatic rings. The van der Waals surface area contributed by atoms with E-state index < -0.39 is 0 Å². The van der Waals surface area contributed by atoms with Gasteiger partial charge < -0.3 is 29.3 Å². The van der Waals surface area contributed by atoms with Gasteiger partial charge in [-0.3, -0.25) is 9.59 Å². The molecule has 0 radical (unpaired) electrons. The molecule has 2 heterocycles. The third-order valence-electron chi connectivity index (χ3n) is 5.52. The molecule has 1 saturated heterocycles. The summed E-state index contributed by atoms with van der Waals surface area (Å²) < 4.78 is 16.5. The van der Waals surface area contributed by atoms with Gasteiger partial charge in [0.1, 0.15) is 13.2 Å². The lowest BCUT2D eigenvalue weighted by atomic mass is 10.1. The van der Waals surface area contributed by atoms with Crippen LogP contribution in [0.4, 0.5) is 5.69 Å². The van der Waals surface area contributed by atoms with Crippen LogP contribution >= 0.6 is 11.6 Å². The normalized spacial score (nSPS) is 15.5. The van der Waals surface area contributed by atoms with Crippen LogP contribution < -0.4 is 24.4 Å². The molecule has 2 aliphatic heterocycles. The van der Waals surface area contributed by atoms with E-state index in [9.17, 15) is 9.59 Å². The predicted molar refractivity (Wildman–Crippen MR) is 126 cm³/mol. The highest BCUT2D eigenvalue weighted by molar-refractivity contribution is 6.30. The molecular formula is C24H26ClN3O5. The smallest absolute Gasteiger partial charge is 0.244 e. The van der Waals surface area contributed by atoms with Crippen molar-refractivity contribution >= 4 is 35.2 Å². The highest BCUT2D eigenvalue weighted by atomic mass is 35.5. The van der Waals surface area contributed by atoms with Crippen LogP contribution in [0.5, 0.6) is 17.2 Å². The molecule has 2 aromatic rings. The highest BCUT2D eigenvalue weighted by Gasteiger charge is 2.21. The fraction of sp³-hybridized carbons (Fsp3) is 0.333. The van der Waals surface area contributed by atoms with E-state index >= 15 is 0 Å². The Kier molecular flexibility index (Phi) is 7.24. The Morgan fingerprint density at radius 1 is 1.09 bits per heavy atom. The summed E-state index contributed by atoms with van der Waals surface area (Å²) in [6.45, 7) is 3.54. The Bertz CT molecular complexity index is 1020. The Balaban J connectivity index is 1.26. The predicted octanol–water partition coefficient (Wildman–Crippen LogP) is 2.60. The van der Waals surface area contributed by atoms with Crippen molar-refractivity contribution in [2.45, 2.75) is 0 Å². The molecule has 0 spiro atoms. The van der Waals surface area contributed by atoms with Gasteiger partial charge in [0.15, 0.2) is 11.5 Å². The van der Waals surface area contributed by atoms with Gasteiger partial charge in [0, 0.05) is 43.0 Å². The van der Waals surface area contributed by atoms with Crippen LogP contribution in [-0.4, -0.2) is 69.8 Å². The second-order valence-corrected chi connectivity index (χ2v) is 8.08. The van der Waals surface area contributed by atoms with Crippen molar-refractivity contribution in [1.82, 2.24) is 10.2 Å². The molecule has 0 aromatic heterocycles. The first-order valence-corrected chi connectivity index (χ1v) is 11.1. The van der Waals surface area contributed by atoms with Gasteiger partial charge >= 0.3 is 0 Å². The number of anilines is 1. The molecule has 2 aromatic carbocycles. The first kappa shape index (κ1) is 22.8. The number of halogens is 1. The van der Waals surface area contributed by atoms with Crippen LogP contribution in [0.3, 0.4) is 0 Å². The summed E-state index contributed by atoms with van der Waals surface area (Å²) in [4.78, 5) is 28.7. The minimum atomic E-state index is -0.350.